The van der Waals surface area contributed by atoms with Gasteiger partial charge in [-0.1, -0.05) is 13.3 Å². The highest BCUT2D eigenvalue weighted by Gasteiger charge is 2.12. The van der Waals surface area contributed by atoms with Gasteiger partial charge in [0.2, 0.25) is 0 Å². The molecule has 1 N–H and O–H groups in total. The lowest BCUT2D eigenvalue weighted by atomic mass is 10.1. The fourth-order valence-corrected chi connectivity index (χ4v) is 1.75. The summed E-state index contributed by atoms with van der Waals surface area (Å²) in [4.78, 5) is 0. The van der Waals surface area contributed by atoms with Gasteiger partial charge in [0.15, 0.2) is 11.6 Å². The molecule has 1 rings (SSSR count). The maximum absolute atomic E-state index is 13.4. The van der Waals surface area contributed by atoms with Gasteiger partial charge in [0.25, 0.3) is 0 Å². The molecular weight excluding hydrogens is 243 g/mol. The predicted octanol–water partition coefficient (Wildman–Crippen LogP) is 3.01. The molecule has 0 aliphatic rings. The number of nitrogens with one attached hydrogen (secondary N) is 1. The van der Waals surface area contributed by atoms with Crippen LogP contribution in [0, 0.1) is 17.5 Å². The number of hydrogen-bond donors (Lipinski definition) is 1. The summed E-state index contributed by atoms with van der Waals surface area (Å²) < 4.78 is 44.1. The first-order chi connectivity index (χ1) is 8.58. The molecule has 0 amide bonds. The van der Waals surface area contributed by atoms with Gasteiger partial charge in [-0.05, 0) is 12.5 Å². The summed E-state index contributed by atoms with van der Waals surface area (Å²) in [5, 5.41) is 3.07. The average molecular weight is 261 g/mol. The minimum absolute atomic E-state index is 0.0764. The molecule has 18 heavy (non-hydrogen) atoms. The zero-order chi connectivity index (χ0) is 13.5. The molecule has 0 spiro atoms. The molecule has 1 atom stereocenters. The monoisotopic (exact) mass is 261 g/mol. The highest BCUT2D eigenvalue weighted by molar-refractivity contribution is 5.20. The molecule has 0 saturated carbocycles. The number of benzene rings is 1. The van der Waals surface area contributed by atoms with Gasteiger partial charge in [-0.25, -0.2) is 13.2 Å². The normalized spacial score (nSPS) is 12.7. The first-order valence-electron chi connectivity index (χ1n) is 5.94. The Labute approximate surface area is 105 Å². The number of halogens is 3. The summed E-state index contributed by atoms with van der Waals surface area (Å²) in [6.07, 6.45) is 1.83. The smallest absolute Gasteiger partial charge is 0.161 e. The molecule has 0 heterocycles. The molecule has 0 aliphatic carbocycles. The van der Waals surface area contributed by atoms with Crippen LogP contribution in [0.4, 0.5) is 13.2 Å². The quantitative estimate of drug-likeness (QED) is 0.762. The summed E-state index contributed by atoms with van der Waals surface area (Å²) in [5.74, 6) is -2.95. The third kappa shape index (κ3) is 4.31. The molecule has 2 nitrogen and oxygen atoms in total. The van der Waals surface area contributed by atoms with E-state index in [-0.39, 0.29) is 18.2 Å². The van der Waals surface area contributed by atoms with Crippen LogP contribution in [0.5, 0.6) is 0 Å². The van der Waals surface area contributed by atoms with Gasteiger partial charge in [0.05, 0.1) is 6.61 Å². The Morgan fingerprint density at radius 1 is 1.17 bits per heavy atom. The van der Waals surface area contributed by atoms with E-state index >= 15 is 0 Å². The Morgan fingerprint density at radius 2 is 1.83 bits per heavy atom. The number of hydrogen-bond acceptors (Lipinski definition) is 2. The predicted molar refractivity (Wildman–Crippen MR) is 63.7 cm³/mol. The van der Waals surface area contributed by atoms with Crippen LogP contribution in [-0.2, 0) is 11.3 Å². The van der Waals surface area contributed by atoms with Gasteiger partial charge in [-0.2, -0.15) is 0 Å². The van der Waals surface area contributed by atoms with E-state index in [1.807, 2.05) is 6.92 Å². The highest BCUT2D eigenvalue weighted by atomic mass is 19.2. The first-order valence-corrected chi connectivity index (χ1v) is 5.94. The van der Waals surface area contributed by atoms with E-state index < -0.39 is 17.5 Å². The Morgan fingerprint density at radius 3 is 2.44 bits per heavy atom. The van der Waals surface area contributed by atoms with Crippen LogP contribution in [0.25, 0.3) is 0 Å². The van der Waals surface area contributed by atoms with E-state index in [1.54, 1.807) is 7.11 Å². The molecule has 1 aromatic rings. The summed E-state index contributed by atoms with van der Waals surface area (Å²) >= 11 is 0. The second kappa shape index (κ2) is 7.38. The van der Waals surface area contributed by atoms with Crippen molar-refractivity contribution in [1.29, 1.82) is 0 Å². The van der Waals surface area contributed by atoms with Gasteiger partial charge < -0.3 is 10.1 Å². The summed E-state index contributed by atoms with van der Waals surface area (Å²) in [5.41, 5.74) is 0.117. The molecular formula is C13H18F3NO. The van der Waals surface area contributed by atoms with E-state index in [4.69, 9.17) is 4.74 Å². The fraction of sp³-hybridized carbons (Fsp3) is 0.538. The number of ether oxygens (including phenoxy) is 1. The van der Waals surface area contributed by atoms with Crippen LogP contribution in [0.2, 0.25) is 0 Å². The summed E-state index contributed by atoms with van der Waals surface area (Å²) in [7, 11) is 1.59. The van der Waals surface area contributed by atoms with Crippen molar-refractivity contribution >= 4 is 0 Å². The number of rotatable bonds is 7. The maximum Gasteiger partial charge on any atom is 0.161 e. The first kappa shape index (κ1) is 15.0. The minimum atomic E-state index is -1.17. The standard InChI is InChI=1S/C13H18F3NO/c1-3-4-10(8-18-2)17-7-9-5-12(15)13(16)6-11(9)14/h5-6,10,17H,3-4,7-8H2,1-2H3. The fourth-order valence-electron chi connectivity index (χ4n) is 1.75. The third-order valence-electron chi connectivity index (χ3n) is 2.68. The Bertz CT molecular complexity index is 379. The van der Waals surface area contributed by atoms with Gasteiger partial charge in [-0.15, -0.1) is 0 Å². The van der Waals surface area contributed by atoms with Crippen molar-refractivity contribution in [3.05, 3.63) is 35.1 Å². The van der Waals surface area contributed by atoms with Crippen molar-refractivity contribution in [3.8, 4) is 0 Å². The van der Waals surface area contributed by atoms with Crippen molar-refractivity contribution in [1.82, 2.24) is 5.32 Å². The third-order valence-corrected chi connectivity index (χ3v) is 2.68. The second-order valence-electron chi connectivity index (χ2n) is 4.18. The average Bonchev–Trinajstić information content (AvgIpc) is 2.32. The van der Waals surface area contributed by atoms with Crippen molar-refractivity contribution in [2.24, 2.45) is 0 Å². The highest BCUT2D eigenvalue weighted by Crippen LogP contribution is 2.14. The lowest BCUT2D eigenvalue weighted by Crippen LogP contribution is -2.32. The summed E-state index contributed by atoms with van der Waals surface area (Å²) in [6, 6.07) is 1.53. The molecule has 0 aliphatic heterocycles. The lowest BCUT2D eigenvalue weighted by Gasteiger charge is -2.17. The van der Waals surface area contributed by atoms with Crippen molar-refractivity contribution in [3.63, 3.8) is 0 Å². The molecule has 0 bridgehead atoms. The van der Waals surface area contributed by atoms with E-state index in [1.165, 1.54) is 0 Å². The van der Waals surface area contributed by atoms with Gasteiger partial charge in [-0.3, -0.25) is 0 Å². The van der Waals surface area contributed by atoms with Crippen LogP contribution in [0.15, 0.2) is 12.1 Å². The van der Waals surface area contributed by atoms with Crippen molar-refractivity contribution in [2.45, 2.75) is 32.4 Å². The van der Waals surface area contributed by atoms with Crippen LogP contribution in [0.3, 0.4) is 0 Å². The molecule has 1 unspecified atom stereocenters. The molecule has 0 fully saturated rings. The lowest BCUT2D eigenvalue weighted by molar-refractivity contribution is 0.161. The number of methoxy groups -OCH3 is 1. The Kier molecular flexibility index (Phi) is 6.15. The van der Waals surface area contributed by atoms with E-state index in [9.17, 15) is 13.2 Å². The van der Waals surface area contributed by atoms with Crippen LogP contribution in [0.1, 0.15) is 25.3 Å². The van der Waals surface area contributed by atoms with E-state index in [2.05, 4.69) is 5.32 Å². The molecule has 1 aromatic carbocycles. The van der Waals surface area contributed by atoms with Crippen LogP contribution in [-0.4, -0.2) is 19.8 Å². The van der Waals surface area contributed by atoms with Crippen molar-refractivity contribution < 1.29 is 17.9 Å². The molecule has 0 saturated heterocycles. The Hall–Kier alpha value is -1.07. The van der Waals surface area contributed by atoms with Crippen molar-refractivity contribution in [2.75, 3.05) is 13.7 Å². The SMILES string of the molecule is CCCC(COC)NCc1cc(F)c(F)cc1F. The Balaban J connectivity index is 2.64. The molecule has 0 aromatic heterocycles. The largest absolute Gasteiger partial charge is 0.383 e. The zero-order valence-corrected chi connectivity index (χ0v) is 10.6. The molecule has 5 heteroatoms. The van der Waals surface area contributed by atoms with E-state index in [0.717, 1.165) is 18.9 Å². The summed E-state index contributed by atoms with van der Waals surface area (Å²) in [6.45, 7) is 2.68. The topological polar surface area (TPSA) is 21.3 Å². The molecule has 102 valence electrons. The maximum atomic E-state index is 13.4. The van der Waals surface area contributed by atoms with Gasteiger partial charge in [0.1, 0.15) is 5.82 Å². The zero-order valence-electron chi connectivity index (χ0n) is 10.6. The molecule has 0 radical (unpaired) electrons. The van der Waals surface area contributed by atoms with Gasteiger partial charge >= 0.3 is 0 Å². The van der Waals surface area contributed by atoms with Crippen LogP contribution < -0.4 is 5.32 Å². The van der Waals surface area contributed by atoms with Gasteiger partial charge in [0, 0.05) is 31.3 Å². The second-order valence-corrected chi connectivity index (χ2v) is 4.18. The van der Waals surface area contributed by atoms with Crippen LogP contribution >= 0.6 is 0 Å². The minimum Gasteiger partial charge on any atom is -0.383 e. The van der Waals surface area contributed by atoms with E-state index in [0.29, 0.717) is 12.7 Å².